The number of benzene rings is 4. The minimum absolute atomic E-state index is 0. The van der Waals surface area contributed by atoms with E-state index in [0.717, 1.165) is 39.0 Å². The maximum absolute atomic E-state index is 6.47. The molecule has 0 saturated carbocycles. The number of allylic oxidation sites excluding steroid dienone is 2. The summed E-state index contributed by atoms with van der Waals surface area (Å²) in [4.78, 5) is 9.26. The van der Waals surface area contributed by atoms with Crippen LogP contribution in [0.15, 0.2) is 109 Å². The zero-order valence-electron chi connectivity index (χ0n) is 28.8. The van der Waals surface area contributed by atoms with E-state index in [-0.39, 0.29) is 31.9 Å². The molecular formula is C42H41N4OPt-3. The zero-order chi connectivity index (χ0) is 33.1. The van der Waals surface area contributed by atoms with Crippen LogP contribution in [-0.4, -0.2) is 9.55 Å². The molecule has 248 valence electrons. The third-order valence-corrected chi connectivity index (χ3v) is 9.08. The van der Waals surface area contributed by atoms with Gasteiger partial charge < -0.3 is 19.1 Å². The van der Waals surface area contributed by atoms with Gasteiger partial charge in [0.15, 0.2) is 0 Å². The number of hydrogen-bond acceptors (Lipinski definition) is 4. The molecule has 6 heteroatoms. The monoisotopic (exact) mass is 812 g/mol. The first-order chi connectivity index (χ1) is 22.4. The number of rotatable bonds is 5. The number of fused-ring (bicyclic) bond motifs is 3. The largest absolute Gasteiger partial charge is 0.509 e. The summed E-state index contributed by atoms with van der Waals surface area (Å²) in [5, 5.41) is 2.26. The topological polar surface area (TPSA) is 33.5 Å². The van der Waals surface area contributed by atoms with Crippen LogP contribution in [0.25, 0.3) is 27.6 Å². The standard InChI is InChI=1S/C42H41N4O.Pt/c1-28-29(2)45(38-19-12-10-17-36(38)42(6,7)8)27-44(28)31-14-13-15-32(25-31)47-33-20-21-35-34-16-9-11-18-37(34)46(39(35)26-33)40-24-30(22-23-43-40)41(3,4)5;/h9-24,27H,1-8H3;/q-3;. The molecule has 0 unspecified atom stereocenters. The molecule has 0 spiro atoms. The van der Waals surface area contributed by atoms with Crippen molar-refractivity contribution in [1.82, 2.24) is 9.55 Å². The van der Waals surface area contributed by atoms with Crippen LogP contribution < -0.4 is 14.5 Å². The van der Waals surface area contributed by atoms with Crippen molar-refractivity contribution in [2.75, 3.05) is 9.80 Å². The third-order valence-electron chi connectivity index (χ3n) is 9.08. The van der Waals surface area contributed by atoms with E-state index in [2.05, 4.69) is 161 Å². The van der Waals surface area contributed by atoms with Gasteiger partial charge in [0.05, 0.1) is 0 Å². The van der Waals surface area contributed by atoms with Crippen molar-refractivity contribution >= 4 is 33.2 Å². The van der Waals surface area contributed by atoms with Crippen molar-refractivity contribution in [1.29, 1.82) is 0 Å². The molecule has 0 saturated heterocycles. The summed E-state index contributed by atoms with van der Waals surface area (Å²) in [5.74, 6) is 2.11. The minimum Gasteiger partial charge on any atom is -0.509 e. The summed E-state index contributed by atoms with van der Waals surface area (Å²) < 4.78 is 8.66. The average molecular weight is 813 g/mol. The van der Waals surface area contributed by atoms with Crippen LogP contribution in [0.3, 0.4) is 0 Å². The summed E-state index contributed by atoms with van der Waals surface area (Å²) in [5.41, 5.74) is 8.97. The second-order valence-electron chi connectivity index (χ2n) is 14.4. The Labute approximate surface area is 299 Å². The molecule has 2 aromatic heterocycles. The Balaban J connectivity index is 0.00000401. The van der Waals surface area contributed by atoms with Gasteiger partial charge >= 0.3 is 0 Å². The van der Waals surface area contributed by atoms with Gasteiger partial charge in [-0.05, 0) is 65.5 Å². The van der Waals surface area contributed by atoms with Crippen molar-refractivity contribution in [2.24, 2.45) is 0 Å². The Kier molecular flexibility index (Phi) is 8.81. The van der Waals surface area contributed by atoms with Crippen LogP contribution >= 0.6 is 0 Å². The SMILES string of the molecule is CC1=C(C)N(c2ccccc2C(C)(C)C)[CH-]N1c1[c-]c(Oc2[c-]c3c(cc2)c2ccccc2n3-c2cc(C(C)(C)C)ccn2)ccc1.[Pt]. The van der Waals surface area contributed by atoms with E-state index in [1.54, 1.807) is 0 Å². The van der Waals surface area contributed by atoms with Gasteiger partial charge in [-0.3, -0.25) is 0 Å². The van der Waals surface area contributed by atoms with Gasteiger partial charge in [0.1, 0.15) is 5.82 Å². The van der Waals surface area contributed by atoms with E-state index in [1.165, 1.54) is 22.5 Å². The fraction of sp³-hybridized carbons (Fsp3) is 0.238. The molecule has 0 bridgehead atoms. The van der Waals surface area contributed by atoms with E-state index in [4.69, 9.17) is 9.72 Å². The van der Waals surface area contributed by atoms with Gasteiger partial charge in [-0.25, -0.2) is 4.98 Å². The Morgan fingerprint density at radius 3 is 2.17 bits per heavy atom. The first-order valence-electron chi connectivity index (χ1n) is 16.2. The molecule has 3 heterocycles. The molecule has 0 fully saturated rings. The molecule has 0 atom stereocenters. The van der Waals surface area contributed by atoms with E-state index in [0.29, 0.717) is 11.5 Å². The summed E-state index contributed by atoms with van der Waals surface area (Å²) in [6.45, 7) is 19.9. The Bertz CT molecular complexity index is 2170. The van der Waals surface area contributed by atoms with E-state index >= 15 is 0 Å². The number of para-hydroxylation sites is 2. The second-order valence-corrected chi connectivity index (χ2v) is 14.4. The number of pyridine rings is 1. The molecule has 6 aromatic rings. The number of aromatic nitrogens is 2. The number of hydrogen-bond donors (Lipinski definition) is 0. The molecule has 4 aromatic carbocycles. The molecule has 0 amide bonds. The quantitative estimate of drug-likeness (QED) is 0.162. The van der Waals surface area contributed by atoms with Gasteiger partial charge in [0.2, 0.25) is 0 Å². The maximum Gasteiger partial charge on any atom is 0.135 e. The minimum atomic E-state index is 0. The zero-order valence-corrected chi connectivity index (χ0v) is 31.1. The summed E-state index contributed by atoms with van der Waals surface area (Å²) >= 11 is 0. The third kappa shape index (κ3) is 6.05. The normalized spacial score (nSPS) is 13.8. The molecule has 1 aliphatic heterocycles. The summed E-state index contributed by atoms with van der Waals surface area (Å²) in [6.07, 6.45) is 1.90. The molecular weight excluding hydrogens is 772 g/mol. The van der Waals surface area contributed by atoms with Crippen molar-refractivity contribution in [3.63, 3.8) is 0 Å². The molecule has 0 N–H and O–H groups in total. The van der Waals surface area contributed by atoms with Crippen LogP contribution in [0.1, 0.15) is 66.5 Å². The van der Waals surface area contributed by atoms with E-state index in [1.807, 2.05) is 24.4 Å². The Morgan fingerprint density at radius 1 is 0.688 bits per heavy atom. The van der Waals surface area contributed by atoms with Gasteiger partial charge in [-0.2, -0.15) is 12.1 Å². The van der Waals surface area contributed by atoms with Crippen molar-refractivity contribution in [3.05, 3.63) is 139 Å². The van der Waals surface area contributed by atoms with Crippen LogP contribution in [-0.2, 0) is 31.9 Å². The number of nitrogens with zero attached hydrogens (tertiary/aromatic N) is 4. The first-order valence-corrected chi connectivity index (χ1v) is 16.2. The summed E-state index contributed by atoms with van der Waals surface area (Å²) in [7, 11) is 0. The van der Waals surface area contributed by atoms with Crippen LogP contribution in [0.2, 0.25) is 0 Å². The smallest absolute Gasteiger partial charge is 0.135 e. The Morgan fingerprint density at radius 2 is 1.40 bits per heavy atom. The average Bonchev–Trinajstić information content (AvgIpc) is 3.53. The maximum atomic E-state index is 6.47. The van der Waals surface area contributed by atoms with Gasteiger partial charge in [0, 0.05) is 61.4 Å². The van der Waals surface area contributed by atoms with Crippen LogP contribution in [0.5, 0.6) is 11.5 Å². The van der Waals surface area contributed by atoms with Crippen LogP contribution in [0.4, 0.5) is 11.4 Å². The molecule has 7 rings (SSSR count). The number of anilines is 2. The van der Waals surface area contributed by atoms with Gasteiger partial charge in [-0.1, -0.05) is 83.5 Å². The Hall–Kier alpha value is -4.34. The van der Waals surface area contributed by atoms with Crippen molar-refractivity contribution in [3.8, 4) is 17.3 Å². The van der Waals surface area contributed by atoms with Crippen LogP contribution in [0, 0.1) is 18.8 Å². The van der Waals surface area contributed by atoms with Crippen molar-refractivity contribution in [2.45, 2.75) is 66.2 Å². The van der Waals surface area contributed by atoms with Gasteiger partial charge in [0.25, 0.3) is 0 Å². The molecule has 0 radical (unpaired) electrons. The predicted octanol–water partition coefficient (Wildman–Crippen LogP) is 10.9. The molecule has 5 nitrogen and oxygen atoms in total. The molecule has 1 aliphatic rings. The fourth-order valence-corrected chi connectivity index (χ4v) is 6.37. The van der Waals surface area contributed by atoms with E-state index in [9.17, 15) is 0 Å². The second kappa shape index (κ2) is 12.6. The van der Waals surface area contributed by atoms with Crippen molar-refractivity contribution < 1.29 is 25.8 Å². The first kappa shape index (κ1) is 33.6. The predicted molar refractivity (Wildman–Crippen MR) is 194 cm³/mol. The fourth-order valence-electron chi connectivity index (χ4n) is 6.37. The summed E-state index contributed by atoms with van der Waals surface area (Å²) in [6, 6.07) is 38.6. The molecule has 48 heavy (non-hydrogen) atoms. The van der Waals surface area contributed by atoms with Gasteiger partial charge in [-0.15, -0.1) is 48.1 Å². The van der Waals surface area contributed by atoms with E-state index < -0.39 is 0 Å². The molecule has 0 aliphatic carbocycles. The number of ether oxygens (including phenoxy) is 1.